The molecule has 0 spiro atoms. The summed E-state index contributed by atoms with van der Waals surface area (Å²) >= 11 is 0. The Kier molecular flexibility index (Phi) is 4.54. The Morgan fingerprint density at radius 1 is 0.933 bits per heavy atom. The summed E-state index contributed by atoms with van der Waals surface area (Å²) in [6.07, 6.45) is 3.33. The van der Waals surface area contributed by atoms with Crippen LogP contribution in [0, 0.1) is 0 Å². The quantitative estimate of drug-likeness (QED) is 0.329. The summed E-state index contributed by atoms with van der Waals surface area (Å²) < 4.78 is 0. The SMILES string of the molecule is O=C(N/N=C/c1cnc2ccccc2c1)c1[nH]c2ccccc2c1-c1ccccc1. The molecule has 0 aliphatic heterocycles. The second-order valence-electron chi connectivity index (χ2n) is 6.95. The molecule has 3 aromatic carbocycles. The van der Waals surface area contributed by atoms with Gasteiger partial charge in [-0.1, -0.05) is 66.7 Å². The standard InChI is InChI=1S/C25H18N4O/c30-25(29-27-16-17-14-19-10-4-6-12-21(19)26-15-17)24-23(18-8-2-1-3-9-18)20-11-5-7-13-22(20)28-24/h1-16,28H,(H,29,30)/b27-16+. The first-order chi connectivity index (χ1) is 14.8. The first-order valence-electron chi connectivity index (χ1n) is 9.64. The molecule has 144 valence electrons. The number of fused-ring (bicyclic) bond motifs is 2. The third-order valence-corrected chi connectivity index (χ3v) is 4.99. The predicted octanol–water partition coefficient (Wildman–Crippen LogP) is 5.15. The number of aromatic nitrogens is 2. The number of rotatable bonds is 4. The molecule has 0 radical (unpaired) electrons. The highest BCUT2D eigenvalue weighted by Crippen LogP contribution is 2.32. The summed E-state index contributed by atoms with van der Waals surface area (Å²) in [5.74, 6) is -0.296. The Morgan fingerprint density at radius 3 is 2.60 bits per heavy atom. The van der Waals surface area contributed by atoms with Gasteiger partial charge in [0.2, 0.25) is 0 Å². The fraction of sp³-hybridized carbons (Fsp3) is 0. The summed E-state index contributed by atoms with van der Waals surface area (Å²) in [6.45, 7) is 0. The molecule has 0 saturated heterocycles. The molecular weight excluding hydrogens is 372 g/mol. The van der Waals surface area contributed by atoms with Crippen LogP contribution in [-0.2, 0) is 0 Å². The zero-order chi connectivity index (χ0) is 20.3. The van der Waals surface area contributed by atoms with Crippen LogP contribution < -0.4 is 5.43 Å². The van der Waals surface area contributed by atoms with Gasteiger partial charge in [0.25, 0.3) is 5.91 Å². The van der Waals surface area contributed by atoms with Gasteiger partial charge in [-0.05, 0) is 23.8 Å². The van der Waals surface area contributed by atoms with E-state index in [0.29, 0.717) is 5.69 Å². The van der Waals surface area contributed by atoms with Gasteiger partial charge in [-0.25, -0.2) is 5.43 Å². The number of aromatic amines is 1. The van der Waals surface area contributed by atoms with Crippen molar-refractivity contribution in [3.63, 3.8) is 0 Å². The minimum atomic E-state index is -0.296. The summed E-state index contributed by atoms with van der Waals surface area (Å²) in [6, 6.07) is 27.6. The van der Waals surface area contributed by atoms with E-state index in [1.807, 2.05) is 84.9 Å². The molecule has 0 aliphatic rings. The van der Waals surface area contributed by atoms with Gasteiger partial charge in [0, 0.05) is 33.6 Å². The third-order valence-electron chi connectivity index (χ3n) is 4.99. The molecule has 1 amide bonds. The van der Waals surface area contributed by atoms with Gasteiger partial charge >= 0.3 is 0 Å². The van der Waals surface area contributed by atoms with E-state index in [-0.39, 0.29) is 5.91 Å². The topological polar surface area (TPSA) is 70.1 Å². The van der Waals surface area contributed by atoms with Gasteiger partial charge in [-0.2, -0.15) is 5.10 Å². The first kappa shape index (κ1) is 17.8. The maximum atomic E-state index is 12.9. The molecule has 2 aromatic heterocycles. The molecule has 0 unspecified atom stereocenters. The van der Waals surface area contributed by atoms with Crippen LogP contribution in [0.2, 0.25) is 0 Å². The van der Waals surface area contributed by atoms with Crippen LogP contribution in [-0.4, -0.2) is 22.1 Å². The predicted molar refractivity (Wildman–Crippen MR) is 121 cm³/mol. The normalized spacial score (nSPS) is 11.3. The van der Waals surface area contributed by atoms with E-state index in [2.05, 4.69) is 20.5 Å². The van der Waals surface area contributed by atoms with Crippen LogP contribution in [0.3, 0.4) is 0 Å². The van der Waals surface area contributed by atoms with Gasteiger partial charge in [-0.3, -0.25) is 9.78 Å². The van der Waals surface area contributed by atoms with Crippen molar-refractivity contribution in [3.8, 4) is 11.1 Å². The van der Waals surface area contributed by atoms with Crippen LogP contribution >= 0.6 is 0 Å². The number of hydrogen-bond donors (Lipinski definition) is 2. The highest BCUT2D eigenvalue weighted by Gasteiger charge is 2.18. The number of para-hydroxylation sites is 2. The molecule has 30 heavy (non-hydrogen) atoms. The fourth-order valence-electron chi connectivity index (χ4n) is 3.60. The van der Waals surface area contributed by atoms with Gasteiger partial charge in [-0.15, -0.1) is 0 Å². The summed E-state index contributed by atoms with van der Waals surface area (Å²) in [5, 5.41) is 6.16. The first-order valence-corrected chi connectivity index (χ1v) is 9.64. The maximum Gasteiger partial charge on any atom is 0.288 e. The fourth-order valence-corrected chi connectivity index (χ4v) is 3.60. The number of nitrogens with one attached hydrogen (secondary N) is 2. The van der Waals surface area contributed by atoms with E-state index in [1.165, 1.54) is 0 Å². The minimum Gasteiger partial charge on any atom is -0.350 e. The smallest absolute Gasteiger partial charge is 0.288 e. The lowest BCUT2D eigenvalue weighted by molar-refractivity contribution is 0.0951. The molecular formula is C25H18N4O. The molecule has 5 nitrogen and oxygen atoms in total. The number of hydrazone groups is 1. The second-order valence-corrected chi connectivity index (χ2v) is 6.95. The Balaban J connectivity index is 1.45. The Labute approximate surface area is 173 Å². The maximum absolute atomic E-state index is 12.9. The van der Waals surface area contributed by atoms with Crippen LogP contribution in [0.4, 0.5) is 0 Å². The van der Waals surface area contributed by atoms with Crippen molar-refractivity contribution in [2.24, 2.45) is 5.10 Å². The Bertz CT molecular complexity index is 1390. The van der Waals surface area contributed by atoms with Crippen molar-refractivity contribution < 1.29 is 4.79 Å². The zero-order valence-electron chi connectivity index (χ0n) is 16.0. The number of carbonyl (C=O) groups excluding carboxylic acids is 1. The molecule has 5 rings (SSSR count). The van der Waals surface area contributed by atoms with E-state index in [0.717, 1.165) is 38.5 Å². The summed E-state index contributed by atoms with van der Waals surface area (Å²) in [7, 11) is 0. The third kappa shape index (κ3) is 3.33. The van der Waals surface area contributed by atoms with Gasteiger partial charge in [0.1, 0.15) is 5.69 Å². The van der Waals surface area contributed by atoms with Crippen LogP contribution in [0.1, 0.15) is 16.1 Å². The molecule has 0 saturated carbocycles. The average Bonchev–Trinajstić information content (AvgIpc) is 3.19. The van der Waals surface area contributed by atoms with E-state index in [9.17, 15) is 4.79 Å². The molecule has 2 heterocycles. The largest absolute Gasteiger partial charge is 0.350 e. The van der Waals surface area contributed by atoms with Crippen molar-refractivity contribution in [1.29, 1.82) is 0 Å². The second kappa shape index (κ2) is 7.64. The lowest BCUT2D eigenvalue weighted by Crippen LogP contribution is -2.18. The monoisotopic (exact) mass is 390 g/mol. The number of pyridine rings is 1. The number of hydrogen-bond acceptors (Lipinski definition) is 3. The van der Waals surface area contributed by atoms with E-state index >= 15 is 0 Å². The number of nitrogens with zero attached hydrogens (tertiary/aromatic N) is 2. The number of amides is 1. The van der Waals surface area contributed by atoms with E-state index < -0.39 is 0 Å². The highest BCUT2D eigenvalue weighted by molar-refractivity contribution is 6.09. The number of H-pyrrole nitrogens is 1. The average molecular weight is 390 g/mol. The van der Waals surface area contributed by atoms with E-state index in [1.54, 1.807) is 12.4 Å². The van der Waals surface area contributed by atoms with Crippen LogP contribution in [0.25, 0.3) is 32.9 Å². The molecule has 0 fully saturated rings. The highest BCUT2D eigenvalue weighted by atomic mass is 16.2. The summed E-state index contributed by atoms with van der Waals surface area (Å²) in [4.78, 5) is 20.6. The van der Waals surface area contributed by atoms with Crippen LogP contribution in [0.15, 0.2) is 96.2 Å². The molecule has 0 bridgehead atoms. The minimum absolute atomic E-state index is 0.296. The van der Waals surface area contributed by atoms with Crippen LogP contribution in [0.5, 0.6) is 0 Å². The van der Waals surface area contributed by atoms with Crippen molar-refractivity contribution in [1.82, 2.24) is 15.4 Å². The van der Waals surface area contributed by atoms with Crippen molar-refractivity contribution in [3.05, 3.63) is 102 Å². The van der Waals surface area contributed by atoms with Gasteiger partial charge < -0.3 is 4.98 Å². The number of benzene rings is 3. The van der Waals surface area contributed by atoms with Crippen molar-refractivity contribution in [2.45, 2.75) is 0 Å². The van der Waals surface area contributed by atoms with Crippen molar-refractivity contribution in [2.75, 3.05) is 0 Å². The van der Waals surface area contributed by atoms with Gasteiger partial charge in [0.05, 0.1) is 11.7 Å². The Hall–Kier alpha value is -4.25. The van der Waals surface area contributed by atoms with Gasteiger partial charge in [0.15, 0.2) is 0 Å². The molecule has 5 aromatic rings. The van der Waals surface area contributed by atoms with Crippen molar-refractivity contribution >= 4 is 33.9 Å². The van der Waals surface area contributed by atoms with E-state index in [4.69, 9.17) is 0 Å². The lowest BCUT2D eigenvalue weighted by atomic mass is 10.0. The molecule has 2 N–H and O–H groups in total. The number of carbonyl (C=O) groups is 1. The molecule has 0 aliphatic carbocycles. The molecule has 0 atom stereocenters. The Morgan fingerprint density at radius 2 is 1.70 bits per heavy atom. The zero-order valence-corrected chi connectivity index (χ0v) is 16.0. The molecule has 5 heteroatoms. The lowest BCUT2D eigenvalue weighted by Gasteiger charge is -2.04. The summed E-state index contributed by atoms with van der Waals surface area (Å²) in [5.41, 5.74) is 7.60.